The molecular weight excluding hydrogens is 280 g/mol. The lowest BCUT2D eigenvalue weighted by molar-refractivity contribution is 0.0909. The first-order chi connectivity index (χ1) is 10.8. The van der Waals surface area contributed by atoms with E-state index in [-0.39, 0.29) is 11.9 Å². The van der Waals surface area contributed by atoms with Gasteiger partial charge in [-0.05, 0) is 18.1 Å². The van der Waals surface area contributed by atoms with Gasteiger partial charge in [0.25, 0.3) is 5.91 Å². The Morgan fingerprint density at radius 1 is 1.36 bits per heavy atom. The molecule has 0 saturated heterocycles. The van der Waals surface area contributed by atoms with Gasteiger partial charge in [0.1, 0.15) is 12.4 Å². The minimum absolute atomic E-state index is 0.0219. The van der Waals surface area contributed by atoms with Crippen molar-refractivity contribution in [1.29, 1.82) is 0 Å². The highest BCUT2D eigenvalue weighted by molar-refractivity contribution is 5.94. The molecule has 2 aliphatic rings. The SMILES string of the molecule is O=C(NC1COc2ccccc2C1)c1n[nH]c2c1CNCC2. The van der Waals surface area contributed by atoms with E-state index in [2.05, 4.69) is 20.8 Å². The monoisotopic (exact) mass is 298 g/mol. The molecule has 3 N–H and O–H groups in total. The third-order valence-electron chi connectivity index (χ3n) is 4.24. The van der Waals surface area contributed by atoms with E-state index in [0.29, 0.717) is 18.8 Å². The number of fused-ring (bicyclic) bond motifs is 2. The molecule has 1 atom stereocenters. The van der Waals surface area contributed by atoms with Gasteiger partial charge < -0.3 is 15.4 Å². The van der Waals surface area contributed by atoms with Crippen LogP contribution in [0.3, 0.4) is 0 Å². The van der Waals surface area contributed by atoms with E-state index in [1.807, 2.05) is 24.3 Å². The van der Waals surface area contributed by atoms with Crippen LogP contribution in [-0.2, 0) is 19.4 Å². The molecule has 1 amide bonds. The average molecular weight is 298 g/mol. The van der Waals surface area contributed by atoms with Gasteiger partial charge in [-0.3, -0.25) is 9.89 Å². The molecule has 1 aromatic heterocycles. The van der Waals surface area contributed by atoms with Crippen molar-refractivity contribution in [3.8, 4) is 5.75 Å². The van der Waals surface area contributed by atoms with E-state index in [9.17, 15) is 4.79 Å². The van der Waals surface area contributed by atoms with Crippen LogP contribution in [0.4, 0.5) is 0 Å². The first kappa shape index (κ1) is 13.3. The number of para-hydroxylation sites is 1. The molecular formula is C16H18N4O2. The van der Waals surface area contributed by atoms with Gasteiger partial charge in [0.2, 0.25) is 0 Å². The molecule has 1 unspecified atom stereocenters. The largest absolute Gasteiger partial charge is 0.491 e. The average Bonchev–Trinajstić information content (AvgIpc) is 2.99. The molecule has 0 radical (unpaired) electrons. The predicted molar refractivity (Wildman–Crippen MR) is 80.9 cm³/mol. The number of amides is 1. The number of H-pyrrole nitrogens is 1. The molecule has 1 aromatic carbocycles. The van der Waals surface area contributed by atoms with Crippen LogP contribution in [-0.4, -0.2) is 35.3 Å². The van der Waals surface area contributed by atoms with E-state index >= 15 is 0 Å². The van der Waals surface area contributed by atoms with Crippen LogP contribution in [0.25, 0.3) is 0 Å². The molecule has 6 nitrogen and oxygen atoms in total. The van der Waals surface area contributed by atoms with Gasteiger partial charge in [0, 0.05) is 30.8 Å². The summed E-state index contributed by atoms with van der Waals surface area (Å²) in [6.07, 6.45) is 1.67. The van der Waals surface area contributed by atoms with Crippen molar-refractivity contribution in [2.75, 3.05) is 13.2 Å². The zero-order valence-corrected chi connectivity index (χ0v) is 12.2. The second-order valence-electron chi connectivity index (χ2n) is 5.75. The summed E-state index contributed by atoms with van der Waals surface area (Å²) in [6.45, 7) is 2.11. The molecule has 114 valence electrons. The molecule has 6 heteroatoms. The van der Waals surface area contributed by atoms with Crippen molar-refractivity contribution < 1.29 is 9.53 Å². The summed E-state index contributed by atoms with van der Waals surface area (Å²) in [6, 6.07) is 7.92. The quantitative estimate of drug-likeness (QED) is 0.766. The molecule has 0 fully saturated rings. The maximum Gasteiger partial charge on any atom is 0.272 e. The highest BCUT2D eigenvalue weighted by Gasteiger charge is 2.26. The Bertz CT molecular complexity index is 710. The number of hydrogen-bond donors (Lipinski definition) is 3. The minimum atomic E-state index is -0.130. The summed E-state index contributed by atoms with van der Waals surface area (Å²) < 4.78 is 5.71. The summed E-state index contributed by atoms with van der Waals surface area (Å²) in [7, 11) is 0. The van der Waals surface area contributed by atoms with Crippen molar-refractivity contribution >= 4 is 5.91 Å². The zero-order chi connectivity index (χ0) is 14.9. The van der Waals surface area contributed by atoms with E-state index < -0.39 is 0 Å². The first-order valence-electron chi connectivity index (χ1n) is 7.59. The minimum Gasteiger partial charge on any atom is -0.491 e. The maximum absolute atomic E-state index is 12.5. The fourth-order valence-corrected chi connectivity index (χ4v) is 3.09. The van der Waals surface area contributed by atoms with Gasteiger partial charge in [-0.2, -0.15) is 5.10 Å². The second-order valence-corrected chi connectivity index (χ2v) is 5.75. The van der Waals surface area contributed by atoms with Crippen molar-refractivity contribution in [2.45, 2.75) is 25.4 Å². The summed E-state index contributed by atoms with van der Waals surface area (Å²) in [5.41, 5.74) is 3.68. The fraction of sp³-hybridized carbons (Fsp3) is 0.375. The summed E-state index contributed by atoms with van der Waals surface area (Å²) in [5, 5.41) is 13.5. The molecule has 4 rings (SSSR count). The van der Waals surface area contributed by atoms with E-state index in [1.54, 1.807) is 0 Å². The number of ether oxygens (including phenoxy) is 1. The Labute approximate surface area is 128 Å². The Kier molecular flexibility index (Phi) is 3.31. The number of aromatic amines is 1. The van der Waals surface area contributed by atoms with Gasteiger partial charge >= 0.3 is 0 Å². The lowest BCUT2D eigenvalue weighted by Gasteiger charge is -2.26. The normalized spacial score (nSPS) is 19.7. The van der Waals surface area contributed by atoms with Crippen LogP contribution in [0.1, 0.15) is 27.3 Å². The summed E-state index contributed by atoms with van der Waals surface area (Å²) >= 11 is 0. The van der Waals surface area contributed by atoms with Crippen LogP contribution in [0.2, 0.25) is 0 Å². The van der Waals surface area contributed by atoms with E-state index in [4.69, 9.17) is 4.74 Å². The third kappa shape index (κ3) is 2.35. The highest BCUT2D eigenvalue weighted by Crippen LogP contribution is 2.24. The summed E-state index contributed by atoms with van der Waals surface area (Å²) in [5.74, 6) is 0.781. The lowest BCUT2D eigenvalue weighted by Crippen LogP contribution is -2.43. The first-order valence-corrected chi connectivity index (χ1v) is 7.59. The van der Waals surface area contributed by atoms with E-state index in [0.717, 1.165) is 42.0 Å². The third-order valence-corrected chi connectivity index (χ3v) is 4.24. The summed E-state index contributed by atoms with van der Waals surface area (Å²) in [4.78, 5) is 12.5. The molecule has 0 bridgehead atoms. The van der Waals surface area contributed by atoms with Gasteiger partial charge in [-0.25, -0.2) is 0 Å². The van der Waals surface area contributed by atoms with Crippen LogP contribution in [0.15, 0.2) is 24.3 Å². The highest BCUT2D eigenvalue weighted by atomic mass is 16.5. The van der Waals surface area contributed by atoms with Crippen molar-refractivity contribution in [2.24, 2.45) is 0 Å². The van der Waals surface area contributed by atoms with Gasteiger partial charge in [-0.1, -0.05) is 18.2 Å². The molecule has 22 heavy (non-hydrogen) atoms. The van der Waals surface area contributed by atoms with Crippen molar-refractivity contribution in [1.82, 2.24) is 20.8 Å². The number of aromatic nitrogens is 2. The zero-order valence-electron chi connectivity index (χ0n) is 12.2. The Balaban J connectivity index is 1.48. The maximum atomic E-state index is 12.5. The smallest absolute Gasteiger partial charge is 0.272 e. The Hall–Kier alpha value is -2.34. The predicted octanol–water partition coefficient (Wildman–Crippen LogP) is 0.789. The fourth-order valence-electron chi connectivity index (χ4n) is 3.09. The second kappa shape index (κ2) is 5.46. The Morgan fingerprint density at radius 3 is 3.23 bits per heavy atom. The molecule has 0 aliphatic carbocycles. The van der Waals surface area contributed by atoms with Gasteiger partial charge in [0.05, 0.1) is 6.04 Å². The number of carbonyl (C=O) groups excluding carboxylic acids is 1. The topological polar surface area (TPSA) is 79.0 Å². The number of nitrogens with one attached hydrogen (secondary N) is 3. The number of benzene rings is 1. The molecule has 2 aliphatic heterocycles. The van der Waals surface area contributed by atoms with Crippen LogP contribution in [0.5, 0.6) is 5.75 Å². The van der Waals surface area contributed by atoms with E-state index in [1.165, 1.54) is 0 Å². The number of hydrogen-bond acceptors (Lipinski definition) is 4. The molecule has 2 aromatic rings. The molecule has 0 saturated carbocycles. The number of nitrogens with zero attached hydrogens (tertiary/aromatic N) is 1. The molecule has 3 heterocycles. The van der Waals surface area contributed by atoms with Crippen LogP contribution in [0, 0.1) is 0 Å². The van der Waals surface area contributed by atoms with Gasteiger partial charge in [0.15, 0.2) is 5.69 Å². The number of carbonyl (C=O) groups is 1. The standard InChI is InChI=1S/C16H18N4O2/c21-16(15-12-8-17-6-5-13(12)19-20-15)18-11-7-10-3-1-2-4-14(10)22-9-11/h1-4,11,17H,5-9H2,(H,18,21)(H,19,20). The van der Waals surface area contributed by atoms with Crippen molar-refractivity contribution in [3.05, 3.63) is 46.8 Å². The van der Waals surface area contributed by atoms with Crippen LogP contribution >= 0.6 is 0 Å². The van der Waals surface area contributed by atoms with Crippen LogP contribution < -0.4 is 15.4 Å². The van der Waals surface area contributed by atoms with Gasteiger partial charge in [-0.15, -0.1) is 0 Å². The molecule has 0 spiro atoms. The number of rotatable bonds is 2. The Morgan fingerprint density at radius 2 is 2.27 bits per heavy atom. The van der Waals surface area contributed by atoms with Crippen molar-refractivity contribution in [3.63, 3.8) is 0 Å². The lowest BCUT2D eigenvalue weighted by atomic mass is 10.0.